The number of rotatable bonds is 6. The van der Waals surface area contributed by atoms with Crippen LogP contribution in [0.25, 0.3) is 6.08 Å². The van der Waals surface area contributed by atoms with Crippen LogP contribution in [0.3, 0.4) is 0 Å². The number of carbonyl (C=O) groups is 3. The van der Waals surface area contributed by atoms with Gasteiger partial charge >= 0.3 is 5.97 Å². The summed E-state index contributed by atoms with van der Waals surface area (Å²) in [5.41, 5.74) is 0. The van der Waals surface area contributed by atoms with Gasteiger partial charge in [0.15, 0.2) is 0 Å². The van der Waals surface area contributed by atoms with E-state index in [9.17, 15) is 14.4 Å². The zero-order valence-electron chi connectivity index (χ0n) is 11.5. The number of carboxylic acid groups (broad SMARTS) is 1. The standard InChI is InChI=1S/C14H16N2O4S/c1-8(13(19)16-9-2-3-9)15-14(20)11-6-4-10(21-11)5-7-12(17)18/h4-9H,2-3H2,1H3,(H,15,20)(H,16,19)(H,17,18)/b7-5+. The van der Waals surface area contributed by atoms with Gasteiger partial charge in [-0.05, 0) is 38.0 Å². The van der Waals surface area contributed by atoms with Gasteiger partial charge < -0.3 is 15.7 Å². The summed E-state index contributed by atoms with van der Waals surface area (Å²) >= 11 is 1.17. The molecular weight excluding hydrogens is 292 g/mol. The SMILES string of the molecule is CC(NC(=O)c1ccc(/C=C/C(=O)O)s1)C(=O)NC1CC1. The molecule has 1 aliphatic carbocycles. The summed E-state index contributed by atoms with van der Waals surface area (Å²) in [6.45, 7) is 1.63. The van der Waals surface area contributed by atoms with E-state index < -0.39 is 12.0 Å². The van der Waals surface area contributed by atoms with Gasteiger partial charge in [-0.1, -0.05) is 0 Å². The number of hydrogen-bond acceptors (Lipinski definition) is 4. The largest absolute Gasteiger partial charge is 0.478 e. The lowest BCUT2D eigenvalue weighted by Crippen LogP contribution is -2.45. The minimum atomic E-state index is -1.04. The van der Waals surface area contributed by atoms with Gasteiger partial charge in [-0.15, -0.1) is 11.3 Å². The van der Waals surface area contributed by atoms with E-state index in [1.165, 1.54) is 17.4 Å². The first kappa shape index (κ1) is 15.2. The van der Waals surface area contributed by atoms with Crippen LogP contribution in [0.2, 0.25) is 0 Å². The molecule has 0 bridgehead atoms. The molecule has 1 aromatic heterocycles. The fourth-order valence-electron chi connectivity index (χ4n) is 1.61. The third-order valence-electron chi connectivity index (χ3n) is 2.91. The van der Waals surface area contributed by atoms with Gasteiger partial charge in [-0.2, -0.15) is 0 Å². The van der Waals surface area contributed by atoms with Crippen molar-refractivity contribution in [3.63, 3.8) is 0 Å². The number of carboxylic acids is 1. The number of hydrogen-bond donors (Lipinski definition) is 3. The molecule has 112 valence electrons. The predicted octanol–water partition coefficient (Wildman–Crippen LogP) is 1.24. The molecule has 2 rings (SSSR count). The highest BCUT2D eigenvalue weighted by molar-refractivity contribution is 7.14. The summed E-state index contributed by atoms with van der Waals surface area (Å²) in [4.78, 5) is 35.3. The molecule has 1 unspecified atom stereocenters. The third-order valence-corrected chi connectivity index (χ3v) is 3.95. The van der Waals surface area contributed by atoms with Crippen LogP contribution >= 0.6 is 11.3 Å². The molecule has 2 amide bonds. The molecule has 6 nitrogen and oxygen atoms in total. The zero-order valence-corrected chi connectivity index (χ0v) is 12.3. The summed E-state index contributed by atoms with van der Waals surface area (Å²) in [6.07, 6.45) is 4.43. The van der Waals surface area contributed by atoms with Crippen LogP contribution in [0.15, 0.2) is 18.2 Å². The molecule has 21 heavy (non-hydrogen) atoms. The fourth-order valence-corrected chi connectivity index (χ4v) is 2.42. The Morgan fingerprint density at radius 3 is 2.71 bits per heavy atom. The highest BCUT2D eigenvalue weighted by Gasteiger charge is 2.26. The average molecular weight is 308 g/mol. The first-order chi connectivity index (χ1) is 9.95. The van der Waals surface area contributed by atoms with Crippen molar-refractivity contribution in [1.29, 1.82) is 0 Å². The van der Waals surface area contributed by atoms with Gasteiger partial charge in [0.25, 0.3) is 5.91 Å². The van der Waals surface area contributed by atoms with E-state index >= 15 is 0 Å². The lowest BCUT2D eigenvalue weighted by molar-refractivity contribution is -0.131. The normalized spacial score (nSPS) is 15.7. The molecule has 1 saturated carbocycles. The van der Waals surface area contributed by atoms with Crippen molar-refractivity contribution >= 4 is 35.2 Å². The number of nitrogens with one attached hydrogen (secondary N) is 2. The van der Waals surface area contributed by atoms with Crippen LogP contribution in [0, 0.1) is 0 Å². The Hall–Kier alpha value is -2.15. The van der Waals surface area contributed by atoms with E-state index in [0.29, 0.717) is 9.75 Å². The second kappa shape index (κ2) is 6.53. The van der Waals surface area contributed by atoms with Gasteiger partial charge in [0.2, 0.25) is 5.91 Å². The fraction of sp³-hybridized carbons (Fsp3) is 0.357. The lowest BCUT2D eigenvalue weighted by atomic mass is 10.3. The van der Waals surface area contributed by atoms with E-state index in [-0.39, 0.29) is 17.9 Å². The van der Waals surface area contributed by atoms with Gasteiger partial charge in [-0.25, -0.2) is 4.79 Å². The molecule has 3 N–H and O–H groups in total. The monoisotopic (exact) mass is 308 g/mol. The summed E-state index contributed by atoms with van der Waals surface area (Å²) in [5.74, 6) is -1.57. The predicted molar refractivity (Wildman–Crippen MR) is 79.1 cm³/mol. The van der Waals surface area contributed by atoms with Crippen molar-refractivity contribution in [3.05, 3.63) is 28.0 Å². The lowest BCUT2D eigenvalue weighted by Gasteiger charge is -2.12. The number of thiophene rings is 1. The smallest absolute Gasteiger partial charge is 0.328 e. The van der Waals surface area contributed by atoms with Crippen molar-refractivity contribution in [2.45, 2.75) is 31.8 Å². The van der Waals surface area contributed by atoms with Gasteiger partial charge in [0, 0.05) is 17.0 Å². The van der Waals surface area contributed by atoms with E-state index in [1.54, 1.807) is 19.1 Å². The zero-order chi connectivity index (χ0) is 15.4. The van der Waals surface area contributed by atoms with Crippen LogP contribution in [-0.2, 0) is 9.59 Å². The molecule has 1 heterocycles. The third kappa shape index (κ3) is 4.71. The molecule has 7 heteroatoms. The Balaban J connectivity index is 1.90. The summed E-state index contributed by atoms with van der Waals surface area (Å²) in [5, 5.41) is 14.0. The molecule has 1 fully saturated rings. The van der Waals surface area contributed by atoms with Gasteiger partial charge in [0.05, 0.1) is 4.88 Å². The maximum Gasteiger partial charge on any atom is 0.328 e. The van der Waals surface area contributed by atoms with Crippen LogP contribution in [0.1, 0.15) is 34.3 Å². The number of amides is 2. The maximum atomic E-state index is 12.0. The number of aliphatic carboxylic acids is 1. The van der Waals surface area contributed by atoms with E-state index in [0.717, 1.165) is 18.9 Å². The highest BCUT2D eigenvalue weighted by atomic mass is 32.1. The topological polar surface area (TPSA) is 95.5 Å². The van der Waals surface area contributed by atoms with Gasteiger partial charge in [0.1, 0.15) is 6.04 Å². The highest BCUT2D eigenvalue weighted by Crippen LogP contribution is 2.19. The minimum Gasteiger partial charge on any atom is -0.478 e. The summed E-state index contributed by atoms with van der Waals surface area (Å²) < 4.78 is 0. The van der Waals surface area contributed by atoms with Crippen molar-refractivity contribution in [3.8, 4) is 0 Å². The molecule has 0 aromatic carbocycles. The second-order valence-corrected chi connectivity index (χ2v) is 5.97. The quantitative estimate of drug-likeness (QED) is 0.689. The molecule has 0 radical (unpaired) electrons. The van der Waals surface area contributed by atoms with Gasteiger partial charge in [-0.3, -0.25) is 9.59 Å². The van der Waals surface area contributed by atoms with Crippen LogP contribution in [0.4, 0.5) is 0 Å². The minimum absolute atomic E-state index is 0.187. The first-order valence-electron chi connectivity index (χ1n) is 6.58. The molecule has 0 aliphatic heterocycles. The number of carbonyl (C=O) groups excluding carboxylic acids is 2. The van der Waals surface area contributed by atoms with Crippen molar-refractivity contribution in [2.75, 3.05) is 0 Å². The maximum absolute atomic E-state index is 12.0. The van der Waals surface area contributed by atoms with Crippen molar-refractivity contribution < 1.29 is 19.5 Å². The Morgan fingerprint density at radius 1 is 1.38 bits per heavy atom. The van der Waals surface area contributed by atoms with Crippen LogP contribution < -0.4 is 10.6 Å². The van der Waals surface area contributed by atoms with Crippen molar-refractivity contribution in [2.24, 2.45) is 0 Å². The Kier molecular flexibility index (Phi) is 4.74. The Bertz CT molecular complexity index is 590. The molecule has 1 aliphatic rings. The Morgan fingerprint density at radius 2 is 2.10 bits per heavy atom. The molecule has 1 aromatic rings. The van der Waals surface area contributed by atoms with Crippen molar-refractivity contribution in [1.82, 2.24) is 10.6 Å². The summed E-state index contributed by atoms with van der Waals surface area (Å²) in [6, 6.07) is 2.92. The molecular formula is C14H16N2O4S. The molecule has 1 atom stereocenters. The molecule has 0 saturated heterocycles. The van der Waals surface area contributed by atoms with Crippen LogP contribution in [-0.4, -0.2) is 35.0 Å². The Labute approximate surface area is 125 Å². The van der Waals surface area contributed by atoms with E-state index in [4.69, 9.17) is 5.11 Å². The average Bonchev–Trinajstić information content (AvgIpc) is 3.10. The first-order valence-corrected chi connectivity index (χ1v) is 7.39. The van der Waals surface area contributed by atoms with Crippen LogP contribution in [0.5, 0.6) is 0 Å². The second-order valence-electron chi connectivity index (χ2n) is 4.85. The van der Waals surface area contributed by atoms with E-state index in [1.807, 2.05) is 0 Å². The molecule has 0 spiro atoms. The van der Waals surface area contributed by atoms with E-state index in [2.05, 4.69) is 10.6 Å². The summed E-state index contributed by atoms with van der Waals surface area (Å²) in [7, 11) is 0.